The molecule has 0 unspecified atom stereocenters. The van der Waals surface area contributed by atoms with Crippen LogP contribution < -0.4 is 0 Å². The predicted molar refractivity (Wildman–Crippen MR) is 106 cm³/mol. The largest absolute Gasteiger partial charge is 0.357 e. The summed E-state index contributed by atoms with van der Waals surface area (Å²) in [5.74, 6) is 0.716. The number of H-pyrrole nitrogens is 1. The first-order valence-electron chi connectivity index (χ1n) is 8.59. The molecule has 26 heavy (non-hydrogen) atoms. The van der Waals surface area contributed by atoms with Crippen molar-refractivity contribution >= 4 is 29.0 Å². The van der Waals surface area contributed by atoms with E-state index in [1.54, 1.807) is 23.5 Å². The van der Waals surface area contributed by atoms with Crippen molar-refractivity contribution in [1.82, 2.24) is 9.88 Å². The highest BCUT2D eigenvalue weighted by Gasteiger charge is 2.24. The molecule has 1 N–H and O–H groups in total. The van der Waals surface area contributed by atoms with E-state index >= 15 is 0 Å². The van der Waals surface area contributed by atoms with Crippen LogP contribution in [0.1, 0.15) is 27.0 Å². The number of nitrogens with one attached hydrogen (secondary N) is 1. The van der Waals surface area contributed by atoms with Crippen molar-refractivity contribution < 1.29 is 9.18 Å². The van der Waals surface area contributed by atoms with Gasteiger partial charge in [0, 0.05) is 35.2 Å². The van der Waals surface area contributed by atoms with E-state index in [4.69, 9.17) is 0 Å². The fraction of sp³-hybridized carbons (Fsp3) is 0.250. The minimum absolute atomic E-state index is 0.0331. The number of thioether (sulfide) groups is 1. The van der Waals surface area contributed by atoms with Crippen molar-refractivity contribution in [2.45, 2.75) is 11.7 Å². The number of rotatable bonds is 3. The first-order chi connectivity index (χ1) is 12.7. The van der Waals surface area contributed by atoms with Gasteiger partial charge >= 0.3 is 0 Å². The number of aromatic amines is 1. The number of nitrogens with zero attached hydrogens (tertiary/aromatic N) is 1. The van der Waals surface area contributed by atoms with Crippen molar-refractivity contribution in [3.63, 3.8) is 0 Å². The predicted octanol–water partition coefficient (Wildman–Crippen LogP) is 5.20. The van der Waals surface area contributed by atoms with Crippen LogP contribution >= 0.6 is 23.1 Å². The molecule has 1 atom stereocenters. The number of carbonyl (C=O) groups excluding carboxylic acids is 1. The van der Waals surface area contributed by atoms with Crippen molar-refractivity contribution in [2.24, 2.45) is 0 Å². The van der Waals surface area contributed by atoms with Crippen LogP contribution in [0.4, 0.5) is 4.39 Å². The number of thiophene rings is 1. The Morgan fingerprint density at radius 2 is 2.00 bits per heavy atom. The summed E-state index contributed by atoms with van der Waals surface area (Å²) < 4.78 is 13.1. The molecule has 4 rings (SSSR count). The summed E-state index contributed by atoms with van der Waals surface area (Å²) in [6.45, 7) is 1.52. The van der Waals surface area contributed by atoms with Gasteiger partial charge in [0.25, 0.3) is 5.91 Å². The molecule has 1 aliphatic heterocycles. The number of hydrogen-bond donors (Lipinski definition) is 1. The zero-order valence-electron chi connectivity index (χ0n) is 14.2. The topological polar surface area (TPSA) is 36.1 Å². The van der Waals surface area contributed by atoms with Gasteiger partial charge in [-0.1, -0.05) is 18.2 Å². The second kappa shape index (κ2) is 7.68. The summed E-state index contributed by atoms with van der Waals surface area (Å²) in [6, 6.07) is 12.4. The lowest BCUT2D eigenvalue weighted by atomic mass is 10.1. The first kappa shape index (κ1) is 17.4. The van der Waals surface area contributed by atoms with Crippen molar-refractivity contribution in [1.29, 1.82) is 0 Å². The Bertz CT molecular complexity index is 874. The summed E-state index contributed by atoms with van der Waals surface area (Å²) in [7, 11) is 0. The first-order valence-corrected chi connectivity index (χ1v) is 10.5. The van der Waals surface area contributed by atoms with E-state index < -0.39 is 0 Å². The van der Waals surface area contributed by atoms with Crippen molar-refractivity contribution in [2.75, 3.05) is 18.8 Å². The minimum Gasteiger partial charge on any atom is -0.357 e. The summed E-state index contributed by atoms with van der Waals surface area (Å²) in [6.07, 6.45) is 2.78. The van der Waals surface area contributed by atoms with Crippen LogP contribution in [-0.4, -0.2) is 34.6 Å². The van der Waals surface area contributed by atoms with Crippen LogP contribution in [0.3, 0.4) is 0 Å². The minimum atomic E-state index is -0.261. The maximum Gasteiger partial charge on any atom is 0.270 e. The fourth-order valence-corrected chi connectivity index (χ4v) is 5.41. The third-order valence-corrected chi connectivity index (χ3v) is 7.03. The molecule has 1 aliphatic rings. The summed E-state index contributed by atoms with van der Waals surface area (Å²) in [4.78, 5) is 19.3. The van der Waals surface area contributed by atoms with E-state index in [-0.39, 0.29) is 11.7 Å². The summed E-state index contributed by atoms with van der Waals surface area (Å²) >= 11 is 3.72. The second-order valence-electron chi connectivity index (χ2n) is 6.26. The van der Waals surface area contributed by atoms with Crippen molar-refractivity contribution in [3.8, 4) is 11.1 Å². The van der Waals surface area contributed by atoms with Crippen LogP contribution in [0, 0.1) is 5.82 Å². The Morgan fingerprint density at radius 1 is 1.15 bits per heavy atom. The molecule has 1 fully saturated rings. The highest BCUT2D eigenvalue weighted by atomic mass is 32.2. The van der Waals surface area contributed by atoms with Gasteiger partial charge < -0.3 is 9.88 Å². The Balaban J connectivity index is 1.45. The van der Waals surface area contributed by atoms with Gasteiger partial charge in [-0.15, -0.1) is 11.3 Å². The van der Waals surface area contributed by atoms with E-state index in [2.05, 4.69) is 22.5 Å². The number of amides is 1. The molecular weight excluding hydrogens is 367 g/mol. The molecule has 3 heterocycles. The smallest absolute Gasteiger partial charge is 0.270 e. The maximum atomic E-state index is 13.1. The molecule has 0 bridgehead atoms. The van der Waals surface area contributed by atoms with Crippen LogP contribution in [0.25, 0.3) is 11.1 Å². The molecule has 0 saturated carbocycles. The number of aromatic nitrogens is 1. The van der Waals surface area contributed by atoms with Crippen LogP contribution in [-0.2, 0) is 0 Å². The van der Waals surface area contributed by atoms with Gasteiger partial charge in [0.1, 0.15) is 11.5 Å². The zero-order valence-corrected chi connectivity index (χ0v) is 15.8. The summed E-state index contributed by atoms with van der Waals surface area (Å²) in [5.41, 5.74) is 2.38. The molecule has 0 spiro atoms. The molecule has 0 aliphatic carbocycles. The van der Waals surface area contributed by atoms with E-state index in [0.29, 0.717) is 10.9 Å². The standard InChI is InChI=1S/C20H19FN2OS2/c21-16-5-3-14(4-6-16)15-12-17(22-13-15)20(24)23-8-7-19(26-11-9-23)18-2-1-10-25-18/h1-6,10,12-13,19,22H,7-9,11H2/t19-/m1/s1. The molecule has 6 heteroatoms. The third kappa shape index (κ3) is 3.71. The van der Waals surface area contributed by atoms with Gasteiger partial charge in [0.15, 0.2) is 0 Å². The van der Waals surface area contributed by atoms with Gasteiger partial charge in [0.05, 0.1) is 0 Å². The molecule has 0 radical (unpaired) electrons. The Labute approximate surface area is 160 Å². The van der Waals surface area contributed by atoms with Crippen molar-refractivity contribution in [3.05, 3.63) is 70.4 Å². The maximum absolute atomic E-state index is 13.1. The van der Waals surface area contributed by atoms with Crippen LogP contribution in [0.15, 0.2) is 54.0 Å². The molecule has 3 aromatic rings. The molecular formula is C20H19FN2OS2. The average molecular weight is 387 g/mol. The van der Waals surface area contributed by atoms with Gasteiger partial charge in [0.2, 0.25) is 0 Å². The third-order valence-electron chi connectivity index (χ3n) is 4.58. The van der Waals surface area contributed by atoms with Crippen LogP contribution in [0.2, 0.25) is 0 Å². The fourth-order valence-electron chi connectivity index (χ4n) is 3.17. The Hall–Kier alpha value is -2.05. The summed E-state index contributed by atoms with van der Waals surface area (Å²) in [5, 5.41) is 2.59. The Morgan fingerprint density at radius 3 is 2.77 bits per heavy atom. The van der Waals surface area contributed by atoms with Gasteiger partial charge in [-0.05, 0) is 47.2 Å². The zero-order chi connectivity index (χ0) is 17.9. The van der Waals surface area contributed by atoms with Crippen LogP contribution in [0.5, 0.6) is 0 Å². The number of benzene rings is 1. The lowest BCUT2D eigenvalue weighted by Crippen LogP contribution is -2.33. The Kier molecular flexibility index (Phi) is 5.13. The number of hydrogen-bond acceptors (Lipinski definition) is 3. The number of carbonyl (C=O) groups is 1. The van der Waals surface area contributed by atoms with Gasteiger partial charge in [-0.2, -0.15) is 11.8 Å². The van der Waals surface area contributed by atoms with E-state index in [1.807, 2.05) is 28.9 Å². The second-order valence-corrected chi connectivity index (χ2v) is 8.55. The lowest BCUT2D eigenvalue weighted by Gasteiger charge is -2.19. The quantitative estimate of drug-likeness (QED) is 0.671. The molecule has 1 saturated heterocycles. The highest BCUT2D eigenvalue weighted by Crippen LogP contribution is 2.37. The molecule has 1 amide bonds. The van der Waals surface area contributed by atoms with Gasteiger partial charge in [-0.25, -0.2) is 4.39 Å². The van der Waals surface area contributed by atoms with Gasteiger partial charge in [-0.3, -0.25) is 4.79 Å². The average Bonchev–Trinajstić information content (AvgIpc) is 3.30. The number of halogens is 1. The highest BCUT2D eigenvalue weighted by molar-refractivity contribution is 7.99. The molecule has 134 valence electrons. The molecule has 1 aromatic carbocycles. The van der Waals surface area contributed by atoms with E-state index in [1.165, 1.54) is 17.0 Å². The molecule has 2 aromatic heterocycles. The van der Waals surface area contributed by atoms with E-state index in [9.17, 15) is 9.18 Å². The van der Waals surface area contributed by atoms with E-state index in [0.717, 1.165) is 36.4 Å². The normalized spacial score (nSPS) is 17.9. The molecule has 3 nitrogen and oxygen atoms in total. The SMILES string of the molecule is O=C(c1cc(-c2ccc(F)cc2)c[nH]1)N1CCS[C@@H](c2cccs2)CC1. The monoisotopic (exact) mass is 386 g/mol. The lowest BCUT2D eigenvalue weighted by molar-refractivity contribution is 0.0761.